The fraction of sp³-hybridized carbons (Fsp3) is 0.611. The van der Waals surface area contributed by atoms with Crippen molar-refractivity contribution in [1.29, 1.82) is 0 Å². The molecule has 1 N–H and O–H groups in total. The molecular formula is C36H53ClN4O7. The van der Waals surface area contributed by atoms with Gasteiger partial charge < -0.3 is 29.2 Å². The summed E-state index contributed by atoms with van der Waals surface area (Å²) in [6, 6.07) is 11.3. The van der Waals surface area contributed by atoms with Crippen molar-refractivity contribution < 1.29 is 33.3 Å². The standard InChI is InChI=1S/C36H53ClN4O7/c1-24-19-27(39-30(20-24)41(32(43)47-35(5,6)7)33(44)48-36(8,9)10)21-26-22-40(31(42)46-34(2,3)4)23-29(26)45-18-17-38-16-15-25-13-11-12-14-28(25)37/h11-14,19-20,26,29,38H,15-18,21-23H2,1-10H3/t26-,29+/m1/s1. The lowest BCUT2D eigenvalue weighted by atomic mass is 9.98. The van der Waals surface area contributed by atoms with Crippen molar-refractivity contribution in [3.63, 3.8) is 0 Å². The van der Waals surface area contributed by atoms with E-state index in [1.807, 2.05) is 58.0 Å². The molecule has 3 rings (SSSR count). The summed E-state index contributed by atoms with van der Waals surface area (Å²) < 4.78 is 23.1. The van der Waals surface area contributed by atoms with Gasteiger partial charge in [-0.15, -0.1) is 0 Å². The number of carbonyl (C=O) groups excluding carboxylic acids is 3. The molecular weight excluding hydrogens is 636 g/mol. The minimum atomic E-state index is -0.888. The fourth-order valence-electron chi connectivity index (χ4n) is 5.12. The predicted octanol–water partition coefficient (Wildman–Crippen LogP) is 7.35. The average molecular weight is 689 g/mol. The van der Waals surface area contributed by atoms with Gasteiger partial charge in [-0.1, -0.05) is 29.8 Å². The Morgan fingerprint density at radius 1 is 0.896 bits per heavy atom. The summed E-state index contributed by atoms with van der Waals surface area (Å²) in [4.78, 5) is 46.9. The monoisotopic (exact) mass is 688 g/mol. The number of pyridine rings is 1. The van der Waals surface area contributed by atoms with Gasteiger partial charge in [-0.05, 0) is 118 Å². The van der Waals surface area contributed by atoms with Crippen molar-refractivity contribution in [3.05, 3.63) is 58.2 Å². The third kappa shape index (κ3) is 12.9. The van der Waals surface area contributed by atoms with Crippen molar-refractivity contribution in [1.82, 2.24) is 15.2 Å². The molecule has 0 aliphatic carbocycles. The smallest absolute Gasteiger partial charge is 0.425 e. The molecule has 0 spiro atoms. The van der Waals surface area contributed by atoms with E-state index in [4.69, 9.17) is 35.5 Å². The molecule has 0 radical (unpaired) electrons. The van der Waals surface area contributed by atoms with Gasteiger partial charge in [-0.2, -0.15) is 4.90 Å². The molecule has 1 saturated heterocycles. The Labute approximate surface area is 290 Å². The number of carbonyl (C=O) groups is 3. The first-order valence-electron chi connectivity index (χ1n) is 16.5. The van der Waals surface area contributed by atoms with Gasteiger partial charge in [0.05, 0.1) is 19.3 Å². The van der Waals surface area contributed by atoms with Gasteiger partial charge in [-0.3, -0.25) is 0 Å². The average Bonchev–Trinajstić information content (AvgIpc) is 3.31. The van der Waals surface area contributed by atoms with Crippen molar-refractivity contribution >= 4 is 35.7 Å². The molecule has 0 unspecified atom stereocenters. The number of rotatable bonds is 10. The van der Waals surface area contributed by atoms with Crippen LogP contribution < -0.4 is 10.2 Å². The van der Waals surface area contributed by atoms with Crippen LogP contribution in [0.2, 0.25) is 5.02 Å². The number of imide groups is 1. The number of hydrogen-bond donors (Lipinski definition) is 1. The Hall–Kier alpha value is -3.41. The summed E-state index contributed by atoms with van der Waals surface area (Å²) in [5, 5.41) is 4.15. The number of aryl methyl sites for hydroxylation is 1. The molecule has 1 aromatic heterocycles. The van der Waals surface area contributed by atoms with Gasteiger partial charge in [0, 0.05) is 29.7 Å². The van der Waals surface area contributed by atoms with Crippen LogP contribution in [0.15, 0.2) is 36.4 Å². The van der Waals surface area contributed by atoms with E-state index < -0.39 is 35.1 Å². The number of ether oxygens (including phenoxy) is 4. The third-order valence-corrected chi connectivity index (χ3v) is 7.40. The quantitative estimate of drug-likeness (QED) is 0.202. The number of halogens is 1. The molecule has 2 heterocycles. The number of aromatic nitrogens is 1. The molecule has 1 aliphatic rings. The van der Waals surface area contributed by atoms with Gasteiger partial charge in [0.25, 0.3) is 0 Å². The normalized spacial score (nSPS) is 16.9. The van der Waals surface area contributed by atoms with Crippen LogP contribution in [0.4, 0.5) is 20.2 Å². The van der Waals surface area contributed by atoms with Crippen molar-refractivity contribution in [2.75, 3.05) is 37.7 Å². The van der Waals surface area contributed by atoms with Gasteiger partial charge in [0.1, 0.15) is 22.6 Å². The van der Waals surface area contributed by atoms with E-state index >= 15 is 0 Å². The van der Waals surface area contributed by atoms with Crippen LogP contribution in [-0.2, 0) is 31.8 Å². The van der Waals surface area contributed by atoms with Crippen molar-refractivity contribution in [2.24, 2.45) is 5.92 Å². The van der Waals surface area contributed by atoms with Gasteiger partial charge in [-0.25, -0.2) is 19.4 Å². The maximum absolute atomic E-state index is 13.3. The maximum atomic E-state index is 13.3. The Morgan fingerprint density at radius 2 is 1.50 bits per heavy atom. The van der Waals surface area contributed by atoms with E-state index in [2.05, 4.69) is 5.32 Å². The Kier molecular flexibility index (Phi) is 13.3. The summed E-state index contributed by atoms with van der Waals surface area (Å²) >= 11 is 6.28. The van der Waals surface area contributed by atoms with Crippen molar-refractivity contribution in [3.8, 4) is 0 Å². The summed E-state index contributed by atoms with van der Waals surface area (Å²) in [6.45, 7) is 20.2. The van der Waals surface area contributed by atoms with E-state index in [9.17, 15) is 14.4 Å². The number of hydrogen-bond acceptors (Lipinski definition) is 9. The molecule has 11 nitrogen and oxygen atoms in total. The van der Waals surface area contributed by atoms with Gasteiger partial charge in [0.15, 0.2) is 0 Å². The largest absolute Gasteiger partial charge is 0.444 e. The van der Waals surface area contributed by atoms with E-state index in [-0.39, 0.29) is 17.8 Å². The predicted molar refractivity (Wildman–Crippen MR) is 187 cm³/mol. The van der Waals surface area contributed by atoms with Crippen LogP contribution in [-0.4, -0.2) is 83.9 Å². The molecule has 0 saturated carbocycles. The Morgan fingerprint density at radius 3 is 2.08 bits per heavy atom. The summed E-state index contributed by atoms with van der Waals surface area (Å²) in [7, 11) is 0. The lowest BCUT2D eigenvalue weighted by Crippen LogP contribution is -2.44. The molecule has 2 aromatic rings. The van der Waals surface area contributed by atoms with Crippen LogP contribution >= 0.6 is 11.6 Å². The van der Waals surface area contributed by atoms with E-state index in [1.165, 1.54) is 0 Å². The molecule has 48 heavy (non-hydrogen) atoms. The second-order valence-corrected chi connectivity index (χ2v) is 15.5. The molecule has 12 heteroatoms. The summed E-state index contributed by atoms with van der Waals surface area (Å²) in [5.74, 6) is -0.0324. The number of nitrogens with one attached hydrogen (secondary N) is 1. The summed E-state index contributed by atoms with van der Waals surface area (Å²) in [5.41, 5.74) is 0.147. The fourth-order valence-corrected chi connectivity index (χ4v) is 5.35. The summed E-state index contributed by atoms with van der Waals surface area (Å²) in [6.07, 6.45) is -1.25. The lowest BCUT2D eigenvalue weighted by Gasteiger charge is -2.28. The Bertz CT molecular complexity index is 1390. The number of nitrogens with zero attached hydrogens (tertiary/aromatic N) is 3. The number of likely N-dealkylation sites (tertiary alicyclic amines) is 1. The molecule has 1 fully saturated rings. The molecule has 3 amide bonds. The number of amides is 3. The lowest BCUT2D eigenvalue weighted by molar-refractivity contribution is 0.0186. The van der Waals surface area contributed by atoms with Crippen LogP contribution in [0.1, 0.15) is 79.1 Å². The second kappa shape index (κ2) is 16.3. The minimum absolute atomic E-state index is 0.0932. The topological polar surface area (TPSA) is 120 Å². The van der Waals surface area contributed by atoms with Crippen LogP contribution in [0.25, 0.3) is 0 Å². The van der Waals surface area contributed by atoms with Gasteiger partial charge >= 0.3 is 18.3 Å². The molecule has 2 atom stereocenters. The molecule has 1 aliphatic heterocycles. The Balaban J connectivity index is 1.78. The zero-order valence-corrected chi connectivity index (χ0v) is 30.9. The van der Waals surface area contributed by atoms with Gasteiger partial charge in [0.2, 0.25) is 0 Å². The minimum Gasteiger partial charge on any atom is -0.444 e. The van der Waals surface area contributed by atoms with Crippen LogP contribution in [0, 0.1) is 12.8 Å². The first kappa shape index (κ1) is 39.0. The van der Waals surface area contributed by atoms with Crippen LogP contribution in [0.5, 0.6) is 0 Å². The van der Waals surface area contributed by atoms with Crippen LogP contribution in [0.3, 0.4) is 0 Å². The highest BCUT2D eigenvalue weighted by atomic mass is 35.5. The first-order valence-corrected chi connectivity index (χ1v) is 16.9. The second-order valence-electron chi connectivity index (χ2n) is 15.1. The highest BCUT2D eigenvalue weighted by Gasteiger charge is 2.39. The SMILES string of the molecule is Cc1cc(C[C@@H]2CN(C(=O)OC(C)(C)C)C[C@@H]2OCCNCCc2ccccc2Cl)nc(N(C(=O)OC(C)(C)C)C(=O)OC(C)(C)C)c1. The first-order chi connectivity index (χ1) is 22.2. The number of anilines is 1. The third-order valence-electron chi connectivity index (χ3n) is 7.03. The number of benzene rings is 1. The molecule has 1 aromatic carbocycles. The van der Waals surface area contributed by atoms with E-state index in [0.29, 0.717) is 38.4 Å². The zero-order valence-electron chi connectivity index (χ0n) is 30.1. The molecule has 0 bridgehead atoms. The highest BCUT2D eigenvalue weighted by Crippen LogP contribution is 2.28. The molecule has 266 valence electrons. The zero-order chi connectivity index (χ0) is 35.9. The van der Waals surface area contributed by atoms with E-state index in [1.54, 1.807) is 52.5 Å². The van der Waals surface area contributed by atoms with E-state index in [0.717, 1.165) is 34.0 Å². The maximum Gasteiger partial charge on any atom is 0.425 e. The van der Waals surface area contributed by atoms with Crippen molar-refractivity contribution in [2.45, 2.75) is 105 Å². The highest BCUT2D eigenvalue weighted by molar-refractivity contribution is 6.31.